The molecule has 1 heterocycles. The molecule has 0 aliphatic carbocycles. The number of benzene rings is 2. The number of rotatable bonds is 3. The molecule has 1 aromatic heterocycles. The maximum absolute atomic E-state index is 12.2. The van der Waals surface area contributed by atoms with Crippen LogP contribution in [0.5, 0.6) is 0 Å². The molecule has 0 aliphatic rings. The van der Waals surface area contributed by atoms with Crippen molar-refractivity contribution < 1.29 is 9.59 Å². The third-order valence-corrected chi connectivity index (χ3v) is 4.42. The second-order valence-corrected chi connectivity index (χ2v) is 6.57. The number of hydrazine groups is 1. The van der Waals surface area contributed by atoms with Crippen molar-refractivity contribution in [3.05, 3.63) is 69.3 Å². The average Bonchev–Trinajstić information content (AvgIpc) is 3.03. The van der Waals surface area contributed by atoms with Gasteiger partial charge in [-0.25, -0.2) is 10.2 Å². The number of aromatic amines is 1. The van der Waals surface area contributed by atoms with E-state index in [1.807, 2.05) is 30.3 Å². The summed E-state index contributed by atoms with van der Waals surface area (Å²) >= 11 is 9.41. The van der Waals surface area contributed by atoms with Crippen LogP contribution in [0, 0.1) is 0 Å². The largest absolute Gasteiger partial charge is 0.360 e. The average molecular weight is 422 g/mol. The fraction of sp³-hybridized carbons (Fsp3) is 0.0588. The first-order chi connectivity index (χ1) is 12.0. The molecular formula is C17H14BrClN4O2. The molecular weight excluding hydrogens is 408 g/mol. The zero-order valence-corrected chi connectivity index (χ0v) is 15.2. The van der Waals surface area contributed by atoms with Crippen LogP contribution in [-0.2, 0) is 6.54 Å². The Labute approximate surface area is 157 Å². The standard InChI is InChI=1S/C17H14BrClN4O2/c18-11-6-5-10(14(19)7-11)8-21-17(25)23-22-16(24)13-9-20-15-4-2-1-3-12(13)15/h1-7,9,20H,8H2,(H,22,24)(H2,21,23,25). The van der Waals surface area contributed by atoms with Gasteiger partial charge in [-0.15, -0.1) is 0 Å². The van der Waals surface area contributed by atoms with Crippen molar-refractivity contribution in [2.45, 2.75) is 6.54 Å². The normalized spacial score (nSPS) is 10.5. The number of para-hydroxylation sites is 1. The van der Waals surface area contributed by atoms with Crippen LogP contribution in [0.1, 0.15) is 15.9 Å². The molecule has 25 heavy (non-hydrogen) atoms. The van der Waals surface area contributed by atoms with Crippen LogP contribution in [0.4, 0.5) is 4.79 Å². The molecule has 3 amide bonds. The Balaban J connectivity index is 1.54. The number of amides is 3. The monoisotopic (exact) mass is 420 g/mol. The number of hydrogen-bond acceptors (Lipinski definition) is 2. The molecule has 0 bridgehead atoms. The number of urea groups is 1. The third-order valence-electron chi connectivity index (χ3n) is 3.58. The van der Waals surface area contributed by atoms with E-state index in [-0.39, 0.29) is 6.54 Å². The first kappa shape index (κ1) is 17.3. The topological polar surface area (TPSA) is 86.0 Å². The lowest BCUT2D eigenvalue weighted by molar-refractivity contribution is 0.0938. The summed E-state index contributed by atoms with van der Waals surface area (Å²) in [6.07, 6.45) is 1.60. The first-order valence-corrected chi connectivity index (χ1v) is 8.56. The second kappa shape index (κ2) is 7.58. The Kier molecular flexibility index (Phi) is 5.25. The highest BCUT2D eigenvalue weighted by Crippen LogP contribution is 2.21. The van der Waals surface area contributed by atoms with Crippen LogP contribution in [0.25, 0.3) is 10.9 Å². The summed E-state index contributed by atoms with van der Waals surface area (Å²) in [5.41, 5.74) is 6.76. The summed E-state index contributed by atoms with van der Waals surface area (Å²) in [6.45, 7) is 0.237. The summed E-state index contributed by atoms with van der Waals surface area (Å²) in [5, 5.41) is 3.95. The number of halogens is 2. The molecule has 0 radical (unpaired) electrons. The summed E-state index contributed by atoms with van der Waals surface area (Å²) in [6, 6.07) is 12.3. The van der Waals surface area contributed by atoms with Gasteiger partial charge in [0.05, 0.1) is 5.56 Å². The van der Waals surface area contributed by atoms with E-state index < -0.39 is 11.9 Å². The van der Waals surface area contributed by atoms with Crippen LogP contribution >= 0.6 is 27.5 Å². The van der Waals surface area contributed by atoms with Gasteiger partial charge in [0.25, 0.3) is 5.91 Å². The van der Waals surface area contributed by atoms with Crippen LogP contribution in [-0.4, -0.2) is 16.9 Å². The van der Waals surface area contributed by atoms with Gasteiger partial charge in [0.1, 0.15) is 0 Å². The van der Waals surface area contributed by atoms with Crippen molar-refractivity contribution in [1.82, 2.24) is 21.2 Å². The quantitative estimate of drug-likeness (QED) is 0.486. The molecule has 0 aliphatic heterocycles. The van der Waals surface area contributed by atoms with Gasteiger partial charge in [0.15, 0.2) is 0 Å². The van der Waals surface area contributed by atoms with Crippen LogP contribution in [0.3, 0.4) is 0 Å². The fourth-order valence-corrected chi connectivity index (χ4v) is 3.07. The SMILES string of the molecule is O=C(NCc1ccc(Br)cc1Cl)NNC(=O)c1c[nH]c2ccccc12. The predicted molar refractivity (Wildman–Crippen MR) is 100 cm³/mol. The number of aromatic nitrogens is 1. The predicted octanol–water partition coefficient (Wildman–Crippen LogP) is 3.73. The van der Waals surface area contributed by atoms with E-state index in [0.717, 1.165) is 20.9 Å². The molecule has 4 N–H and O–H groups in total. The third kappa shape index (κ3) is 4.12. The van der Waals surface area contributed by atoms with Gasteiger partial charge in [-0.1, -0.05) is 51.8 Å². The number of carbonyl (C=O) groups excluding carboxylic acids is 2. The van der Waals surface area contributed by atoms with Gasteiger partial charge in [0, 0.05) is 33.1 Å². The minimum atomic E-state index is -0.535. The van der Waals surface area contributed by atoms with Crippen molar-refractivity contribution in [2.75, 3.05) is 0 Å². The molecule has 3 aromatic rings. The number of fused-ring (bicyclic) bond motifs is 1. The van der Waals surface area contributed by atoms with Gasteiger partial charge in [-0.3, -0.25) is 10.2 Å². The minimum absolute atomic E-state index is 0.237. The zero-order chi connectivity index (χ0) is 17.8. The first-order valence-electron chi connectivity index (χ1n) is 7.39. The molecule has 6 nitrogen and oxygen atoms in total. The lowest BCUT2D eigenvalue weighted by Gasteiger charge is -2.10. The molecule has 0 fully saturated rings. The highest BCUT2D eigenvalue weighted by Gasteiger charge is 2.12. The molecule has 128 valence electrons. The van der Waals surface area contributed by atoms with Crippen molar-refractivity contribution in [1.29, 1.82) is 0 Å². The molecule has 8 heteroatoms. The van der Waals surface area contributed by atoms with Gasteiger partial charge in [0.2, 0.25) is 0 Å². The fourth-order valence-electron chi connectivity index (χ4n) is 2.32. The Morgan fingerprint density at radius 1 is 1.12 bits per heavy atom. The van der Waals surface area contributed by atoms with Crippen LogP contribution in [0.15, 0.2) is 53.1 Å². The zero-order valence-electron chi connectivity index (χ0n) is 12.9. The maximum atomic E-state index is 12.2. The van der Waals surface area contributed by atoms with Gasteiger partial charge < -0.3 is 10.3 Å². The van der Waals surface area contributed by atoms with Crippen molar-refractivity contribution >= 4 is 50.4 Å². The Bertz CT molecular complexity index is 941. The molecule has 0 saturated carbocycles. The summed E-state index contributed by atoms with van der Waals surface area (Å²) in [5.74, 6) is -0.408. The molecule has 2 aromatic carbocycles. The summed E-state index contributed by atoms with van der Waals surface area (Å²) in [7, 11) is 0. The number of nitrogens with one attached hydrogen (secondary N) is 4. The van der Waals surface area contributed by atoms with E-state index in [9.17, 15) is 9.59 Å². The minimum Gasteiger partial charge on any atom is -0.360 e. The summed E-state index contributed by atoms with van der Waals surface area (Å²) < 4.78 is 0.858. The van der Waals surface area contributed by atoms with Gasteiger partial charge >= 0.3 is 6.03 Å². The van der Waals surface area contributed by atoms with Crippen LogP contribution in [0.2, 0.25) is 5.02 Å². The van der Waals surface area contributed by atoms with E-state index in [2.05, 4.69) is 37.1 Å². The molecule has 0 unspecified atom stereocenters. The molecule has 0 spiro atoms. The van der Waals surface area contributed by atoms with Gasteiger partial charge in [-0.2, -0.15) is 0 Å². The Morgan fingerprint density at radius 3 is 2.72 bits per heavy atom. The highest BCUT2D eigenvalue weighted by atomic mass is 79.9. The Hall–Kier alpha value is -2.51. The number of carbonyl (C=O) groups is 2. The molecule has 0 atom stereocenters. The van der Waals surface area contributed by atoms with E-state index in [4.69, 9.17) is 11.6 Å². The molecule has 0 saturated heterocycles. The maximum Gasteiger partial charge on any atom is 0.333 e. The number of hydrogen-bond donors (Lipinski definition) is 4. The Morgan fingerprint density at radius 2 is 1.92 bits per heavy atom. The lowest BCUT2D eigenvalue weighted by Crippen LogP contribution is -2.46. The lowest BCUT2D eigenvalue weighted by atomic mass is 10.2. The van der Waals surface area contributed by atoms with E-state index >= 15 is 0 Å². The van der Waals surface area contributed by atoms with Crippen molar-refractivity contribution in [3.8, 4) is 0 Å². The van der Waals surface area contributed by atoms with E-state index in [0.29, 0.717) is 10.6 Å². The highest BCUT2D eigenvalue weighted by molar-refractivity contribution is 9.10. The summed E-state index contributed by atoms with van der Waals surface area (Å²) in [4.78, 5) is 27.0. The number of H-pyrrole nitrogens is 1. The molecule has 3 rings (SSSR count). The second-order valence-electron chi connectivity index (χ2n) is 5.25. The van der Waals surface area contributed by atoms with E-state index in [1.54, 1.807) is 18.3 Å². The van der Waals surface area contributed by atoms with E-state index in [1.165, 1.54) is 0 Å². The smallest absolute Gasteiger partial charge is 0.333 e. The van der Waals surface area contributed by atoms with Crippen LogP contribution < -0.4 is 16.2 Å². The van der Waals surface area contributed by atoms with Crippen molar-refractivity contribution in [2.24, 2.45) is 0 Å². The van der Waals surface area contributed by atoms with Gasteiger partial charge in [-0.05, 0) is 23.8 Å². The van der Waals surface area contributed by atoms with Crippen molar-refractivity contribution in [3.63, 3.8) is 0 Å².